The number of amides is 1. The van der Waals surface area contributed by atoms with Crippen LogP contribution in [0.2, 0.25) is 5.02 Å². The van der Waals surface area contributed by atoms with Crippen molar-refractivity contribution in [2.45, 2.75) is 18.8 Å². The van der Waals surface area contributed by atoms with Gasteiger partial charge in [-0.05, 0) is 36.1 Å². The zero-order valence-electron chi connectivity index (χ0n) is 14.4. The van der Waals surface area contributed by atoms with Crippen molar-refractivity contribution in [3.63, 3.8) is 0 Å². The molecule has 1 atom stereocenters. The molecule has 0 saturated carbocycles. The van der Waals surface area contributed by atoms with E-state index < -0.39 is 0 Å². The molecule has 0 aliphatic heterocycles. The second-order valence-electron chi connectivity index (χ2n) is 6.42. The van der Waals surface area contributed by atoms with E-state index in [-0.39, 0.29) is 23.6 Å². The van der Waals surface area contributed by atoms with E-state index in [1.807, 2.05) is 30.3 Å². The van der Waals surface area contributed by atoms with Gasteiger partial charge in [-0.2, -0.15) is 0 Å². The van der Waals surface area contributed by atoms with E-state index in [0.717, 1.165) is 5.56 Å². The van der Waals surface area contributed by atoms with Crippen molar-refractivity contribution >= 4 is 29.2 Å². The number of nitrogens with zero attached hydrogens (tertiary/aromatic N) is 2. The van der Waals surface area contributed by atoms with E-state index in [9.17, 15) is 9.59 Å². The largest absolute Gasteiger partial charge is 0.294 e. The average molecular weight is 378 g/mol. The first-order valence-corrected chi connectivity index (χ1v) is 8.99. The second kappa shape index (κ2) is 7.29. The quantitative estimate of drug-likeness (QED) is 0.738. The van der Waals surface area contributed by atoms with Crippen molar-refractivity contribution in [1.82, 2.24) is 9.97 Å². The molecule has 0 radical (unpaired) electrons. The zero-order chi connectivity index (χ0) is 18.8. The lowest BCUT2D eigenvalue weighted by atomic mass is 9.82. The minimum Gasteiger partial charge on any atom is -0.294 e. The van der Waals surface area contributed by atoms with Gasteiger partial charge in [-0.15, -0.1) is 0 Å². The van der Waals surface area contributed by atoms with Gasteiger partial charge in [-0.25, -0.2) is 9.97 Å². The number of Topliss-reactive ketones (excluding diaryl/α,β-unsaturated/α-hetero) is 1. The van der Waals surface area contributed by atoms with Gasteiger partial charge >= 0.3 is 0 Å². The Morgan fingerprint density at radius 1 is 1.04 bits per heavy atom. The molecular formula is C21H16ClN3O2. The molecule has 3 aromatic rings. The summed E-state index contributed by atoms with van der Waals surface area (Å²) in [6, 6.07) is 16.4. The third-order valence-electron chi connectivity index (χ3n) is 4.65. The lowest BCUT2D eigenvalue weighted by molar-refractivity contribution is 0.0962. The minimum atomic E-state index is -0.291. The monoisotopic (exact) mass is 377 g/mol. The number of anilines is 1. The predicted octanol–water partition coefficient (Wildman–Crippen LogP) is 4.30. The van der Waals surface area contributed by atoms with Crippen molar-refractivity contribution < 1.29 is 9.59 Å². The van der Waals surface area contributed by atoms with Crippen LogP contribution in [-0.2, 0) is 6.42 Å². The third-order valence-corrected chi connectivity index (χ3v) is 4.99. The number of ketones is 1. The molecule has 1 aliphatic rings. The second-order valence-corrected chi connectivity index (χ2v) is 6.83. The van der Waals surface area contributed by atoms with E-state index >= 15 is 0 Å². The van der Waals surface area contributed by atoms with Gasteiger partial charge in [0.05, 0.1) is 11.3 Å². The van der Waals surface area contributed by atoms with E-state index in [0.29, 0.717) is 34.7 Å². The Labute approximate surface area is 161 Å². The first-order chi connectivity index (χ1) is 13.1. The number of carbonyl (C=O) groups excluding carboxylic acids is 2. The van der Waals surface area contributed by atoms with Crippen molar-refractivity contribution in [3.05, 3.63) is 88.2 Å². The molecule has 1 amide bonds. The molecule has 6 heteroatoms. The Morgan fingerprint density at radius 2 is 1.78 bits per heavy atom. The molecule has 0 bridgehead atoms. The van der Waals surface area contributed by atoms with Crippen LogP contribution in [0, 0.1) is 0 Å². The summed E-state index contributed by atoms with van der Waals surface area (Å²) in [6.07, 6.45) is 2.44. The molecule has 0 spiro atoms. The smallest absolute Gasteiger partial charge is 0.258 e. The van der Waals surface area contributed by atoms with E-state index in [1.165, 1.54) is 6.20 Å². The van der Waals surface area contributed by atoms with Gasteiger partial charge < -0.3 is 0 Å². The standard InChI is InChI=1S/C21H16ClN3O2/c22-17-9-5-4-8-15(17)14-10-18-16(19(26)11-14)12-23-21(24-18)25-20(27)13-6-2-1-3-7-13/h1-9,12,14H,10-11H2,(H,23,24,25,27). The lowest BCUT2D eigenvalue weighted by Gasteiger charge is -2.24. The summed E-state index contributed by atoms with van der Waals surface area (Å²) in [5.41, 5.74) is 2.60. The minimum absolute atomic E-state index is 0.0119. The average Bonchev–Trinajstić information content (AvgIpc) is 2.68. The molecule has 0 saturated heterocycles. The highest BCUT2D eigenvalue weighted by Gasteiger charge is 2.29. The van der Waals surface area contributed by atoms with Gasteiger partial charge in [0.2, 0.25) is 5.95 Å². The summed E-state index contributed by atoms with van der Waals surface area (Å²) in [7, 11) is 0. The van der Waals surface area contributed by atoms with Crippen LogP contribution in [0.15, 0.2) is 60.8 Å². The van der Waals surface area contributed by atoms with Gasteiger partial charge in [0.15, 0.2) is 5.78 Å². The molecule has 1 aliphatic carbocycles. The van der Waals surface area contributed by atoms with Crippen LogP contribution >= 0.6 is 11.6 Å². The van der Waals surface area contributed by atoms with Gasteiger partial charge in [0.1, 0.15) is 0 Å². The lowest BCUT2D eigenvalue weighted by Crippen LogP contribution is -2.22. The topological polar surface area (TPSA) is 72.0 Å². The van der Waals surface area contributed by atoms with E-state index in [4.69, 9.17) is 11.6 Å². The maximum atomic E-state index is 12.5. The number of hydrogen-bond donors (Lipinski definition) is 1. The van der Waals surface area contributed by atoms with Crippen molar-refractivity contribution in [2.24, 2.45) is 0 Å². The van der Waals surface area contributed by atoms with Gasteiger partial charge in [0, 0.05) is 23.2 Å². The Hall–Kier alpha value is -3.05. The summed E-state index contributed by atoms with van der Waals surface area (Å²) < 4.78 is 0. The molecule has 134 valence electrons. The molecule has 1 N–H and O–H groups in total. The Balaban J connectivity index is 1.60. The highest BCUT2D eigenvalue weighted by atomic mass is 35.5. The Morgan fingerprint density at radius 3 is 2.56 bits per heavy atom. The fourth-order valence-electron chi connectivity index (χ4n) is 3.29. The first kappa shape index (κ1) is 17.4. The predicted molar refractivity (Wildman–Crippen MR) is 103 cm³/mol. The van der Waals surface area contributed by atoms with Crippen LogP contribution in [0.3, 0.4) is 0 Å². The summed E-state index contributed by atoms with van der Waals surface area (Å²) in [6.45, 7) is 0. The Kier molecular flexibility index (Phi) is 4.69. The Bertz CT molecular complexity index is 1020. The molecule has 1 heterocycles. The van der Waals surface area contributed by atoms with Gasteiger partial charge in [-0.1, -0.05) is 48.0 Å². The van der Waals surface area contributed by atoms with E-state index in [2.05, 4.69) is 15.3 Å². The van der Waals surface area contributed by atoms with Crippen molar-refractivity contribution in [3.8, 4) is 0 Å². The van der Waals surface area contributed by atoms with Crippen LogP contribution in [0.5, 0.6) is 0 Å². The number of benzene rings is 2. The normalized spacial score (nSPS) is 15.9. The maximum absolute atomic E-state index is 12.5. The fourth-order valence-corrected chi connectivity index (χ4v) is 3.58. The summed E-state index contributed by atoms with van der Waals surface area (Å²) in [4.78, 5) is 33.4. The molecule has 5 nitrogen and oxygen atoms in total. The molecule has 1 unspecified atom stereocenters. The fraction of sp³-hybridized carbons (Fsp3) is 0.143. The number of nitrogens with one attached hydrogen (secondary N) is 1. The summed E-state index contributed by atoms with van der Waals surface area (Å²) >= 11 is 6.30. The molecule has 27 heavy (non-hydrogen) atoms. The van der Waals surface area contributed by atoms with Crippen LogP contribution in [0.4, 0.5) is 5.95 Å². The first-order valence-electron chi connectivity index (χ1n) is 8.62. The SMILES string of the molecule is O=C(Nc1ncc2c(n1)CC(c1ccccc1Cl)CC2=O)c1ccccc1. The van der Waals surface area contributed by atoms with Crippen LogP contribution in [0.25, 0.3) is 0 Å². The maximum Gasteiger partial charge on any atom is 0.258 e. The number of fused-ring (bicyclic) bond motifs is 1. The highest BCUT2D eigenvalue weighted by Crippen LogP contribution is 2.35. The molecule has 2 aromatic carbocycles. The highest BCUT2D eigenvalue weighted by molar-refractivity contribution is 6.31. The number of halogens is 1. The van der Waals surface area contributed by atoms with Crippen LogP contribution < -0.4 is 5.32 Å². The van der Waals surface area contributed by atoms with Crippen LogP contribution in [-0.4, -0.2) is 21.7 Å². The van der Waals surface area contributed by atoms with Crippen LogP contribution in [0.1, 0.15) is 44.3 Å². The van der Waals surface area contributed by atoms with Gasteiger partial charge in [0.25, 0.3) is 5.91 Å². The number of rotatable bonds is 3. The summed E-state index contributed by atoms with van der Waals surface area (Å²) in [5, 5.41) is 3.33. The van der Waals surface area contributed by atoms with Crippen molar-refractivity contribution in [1.29, 1.82) is 0 Å². The van der Waals surface area contributed by atoms with E-state index in [1.54, 1.807) is 24.3 Å². The summed E-state index contributed by atoms with van der Waals surface area (Å²) in [5.74, 6) is -0.149. The van der Waals surface area contributed by atoms with Crippen molar-refractivity contribution in [2.75, 3.05) is 5.32 Å². The number of carbonyl (C=O) groups is 2. The van der Waals surface area contributed by atoms with Gasteiger partial charge in [-0.3, -0.25) is 14.9 Å². The number of aromatic nitrogens is 2. The molecule has 0 fully saturated rings. The zero-order valence-corrected chi connectivity index (χ0v) is 15.1. The third kappa shape index (κ3) is 3.59. The number of hydrogen-bond acceptors (Lipinski definition) is 4. The molecule has 4 rings (SSSR count). The molecular weight excluding hydrogens is 362 g/mol. The molecule has 1 aromatic heterocycles.